The van der Waals surface area contributed by atoms with Crippen molar-refractivity contribution in [3.63, 3.8) is 0 Å². The smallest absolute Gasteiger partial charge is 0.369 e. The Morgan fingerprint density at radius 1 is 1.04 bits per heavy atom. The number of rotatable bonds is 14. The number of ketones is 1. The molecule has 2 aromatic heterocycles. The van der Waals surface area contributed by atoms with Gasteiger partial charge >= 0.3 is 6.18 Å². The van der Waals surface area contributed by atoms with Crippen molar-refractivity contribution in [1.29, 1.82) is 0 Å². The predicted octanol–water partition coefficient (Wildman–Crippen LogP) is 8.16. The van der Waals surface area contributed by atoms with Crippen molar-refractivity contribution in [2.24, 2.45) is 22.1 Å². The van der Waals surface area contributed by atoms with E-state index in [0.717, 1.165) is 49.5 Å². The molecule has 294 valence electrons. The lowest BCUT2D eigenvalue weighted by Gasteiger charge is -2.37. The number of amides is 1. The summed E-state index contributed by atoms with van der Waals surface area (Å²) in [4.78, 5) is 38.5. The monoisotopic (exact) mass is 795 g/mol. The molecule has 3 atom stereocenters. The largest absolute Gasteiger partial charge is 0.394 e. The van der Waals surface area contributed by atoms with Gasteiger partial charge in [0, 0.05) is 18.9 Å². The van der Waals surface area contributed by atoms with Crippen LogP contribution in [-0.2, 0) is 15.1 Å². The van der Waals surface area contributed by atoms with Crippen LogP contribution >= 0.6 is 11.6 Å². The summed E-state index contributed by atoms with van der Waals surface area (Å²) in [6, 6.07) is 8.89. The van der Waals surface area contributed by atoms with Gasteiger partial charge in [-0.25, -0.2) is 32.2 Å². The molecule has 3 heterocycles. The third-order valence-corrected chi connectivity index (χ3v) is 10.5. The fourth-order valence-corrected chi connectivity index (χ4v) is 6.76. The van der Waals surface area contributed by atoms with E-state index in [1.807, 2.05) is 0 Å². The number of halogens is 8. The van der Waals surface area contributed by atoms with Gasteiger partial charge in [-0.1, -0.05) is 55.8 Å². The van der Waals surface area contributed by atoms with Crippen LogP contribution in [0.2, 0.25) is 5.02 Å². The van der Waals surface area contributed by atoms with Gasteiger partial charge < -0.3 is 5.73 Å². The van der Waals surface area contributed by atoms with E-state index in [9.17, 15) is 40.3 Å². The van der Waals surface area contributed by atoms with E-state index in [-0.39, 0.29) is 34.3 Å². The number of aromatic nitrogens is 6. The zero-order valence-corrected chi connectivity index (χ0v) is 30.8. The number of benzene rings is 2. The summed E-state index contributed by atoms with van der Waals surface area (Å²) < 4.78 is 101. The summed E-state index contributed by atoms with van der Waals surface area (Å²) in [6.07, 6.45) is -5.37. The van der Waals surface area contributed by atoms with Crippen molar-refractivity contribution in [2.45, 2.75) is 95.9 Å². The Labute approximate surface area is 315 Å². The Hall–Kier alpha value is -4.87. The summed E-state index contributed by atoms with van der Waals surface area (Å²) in [5.74, 6) is -8.27. The van der Waals surface area contributed by atoms with E-state index in [4.69, 9.17) is 17.3 Å². The third-order valence-electron chi connectivity index (χ3n) is 10.2. The van der Waals surface area contributed by atoms with Gasteiger partial charge in [-0.15, -0.1) is 0 Å². The Morgan fingerprint density at radius 2 is 1.71 bits per heavy atom. The third kappa shape index (κ3) is 7.69. The van der Waals surface area contributed by atoms with Crippen LogP contribution in [0.15, 0.2) is 60.0 Å². The van der Waals surface area contributed by atoms with E-state index in [1.165, 1.54) is 30.3 Å². The Bertz CT molecular complexity index is 2110. The van der Waals surface area contributed by atoms with E-state index in [0.29, 0.717) is 18.2 Å². The molecular weight excluding hydrogens is 759 g/mol. The van der Waals surface area contributed by atoms with Gasteiger partial charge in [0.15, 0.2) is 17.3 Å². The summed E-state index contributed by atoms with van der Waals surface area (Å²) in [5.41, 5.74) is 2.84. The predicted molar refractivity (Wildman–Crippen MR) is 186 cm³/mol. The normalized spacial score (nSPS) is 19.3. The molecule has 2 aromatic carbocycles. The number of nitrogens with two attached hydrogens (primary N) is 1. The minimum Gasteiger partial charge on any atom is -0.369 e. The highest BCUT2D eigenvalue weighted by Crippen LogP contribution is 2.51. The van der Waals surface area contributed by atoms with Crippen molar-refractivity contribution in [3.8, 4) is 16.9 Å². The Morgan fingerprint density at radius 3 is 2.31 bits per heavy atom. The molecule has 2 N–H and O–H groups in total. The van der Waals surface area contributed by atoms with Crippen LogP contribution in [0, 0.1) is 11.3 Å². The summed E-state index contributed by atoms with van der Waals surface area (Å²) in [5, 5.41) is 12.5. The molecule has 11 nitrogen and oxygen atoms in total. The molecule has 0 spiro atoms. The minimum atomic E-state index is -4.81. The van der Waals surface area contributed by atoms with Gasteiger partial charge in [0.05, 0.1) is 40.3 Å². The number of hydrogen-bond donors (Lipinski definition) is 1. The van der Waals surface area contributed by atoms with Crippen LogP contribution in [0.5, 0.6) is 0 Å². The standard InChI is InChI=1S/C36H37ClF7N9O2/c1-19(34(4,40)41)28(54)14-13-26(21-7-12-24(37)27(15-21)52-30(29(38)39)46-18-48-52)51-31(55)35(49-32(51)45,17-33(2,3)36(42,43)44)22-8-5-20(6-9-22)25-16-47-53(50-25)23-10-11-23/h5-9,12,15-16,18-19,23,26,29H,10-11,13-14,17H2,1-4H3,(H2,45,49)/t19-,26-,35-/m1/s1. The van der Waals surface area contributed by atoms with Crippen molar-refractivity contribution < 1.29 is 40.3 Å². The number of alkyl halides is 7. The molecule has 0 unspecified atom stereocenters. The molecule has 1 aliphatic carbocycles. The number of carbonyl (C=O) groups excluding carboxylic acids is 2. The van der Waals surface area contributed by atoms with Gasteiger partial charge in [0.25, 0.3) is 18.3 Å². The fraction of sp³-hybridized carbons (Fsp3) is 0.472. The number of guanidine groups is 1. The second kappa shape index (κ2) is 14.3. The van der Waals surface area contributed by atoms with Gasteiger partial charge in [-0.3, -0.25) is 14.5 Å². The lowest BCUT2D eigenvalue weighted by Crippen LogP contribution is -2.48. The zero-order valence-electron chi connectivity index (χ0n) is 30.0. The molecule has 1 saturated carbocycles. The summed E-state index contributed by atoms with van der Waals surface area (Å²) in [7, 11) is 0. The van der Waals surface area contributed by atoms with Crippen LogP contribution in [0.25, 0.3) is 16.9 Å². The highest BCUT2D eigenvalue weighted by Gasteiger charge is 2.59. The SMILES string of the molecule is C[C@H](C(=O)CC[C@H](c1ccc(Cl)c(-n2ncnc2C(F)F)c1)N1C(=O)[C@@](CC(C)(C)C(F)(F)F)(c2ccc(-c3cnn(C4CC4)n3)cc2)N=C1N)C(C)(F)F. The first kappa shape index (κ1) is 39.8. The van der Waals surface area contributed by atoms with E-state index >= 15 is 0 Å². The maximum atomic E-state index is 14.9. The maximum Gasteiger partial charge on any atom is 0.394 e. The zero-order chi connectivity index (χ0) is 40.2. The van der Waals surface area contributed by atoms with Gasteiger partial charge in [0.2, 0.25) is 0 Å². The molecule has 0 saturated heterocycles. The van der Waals surface area contributed by atoms with Crippen molar-refractivity contribution in [1.82, 2.24) is 34.7 Å². The van der Waals surface area contributed by atoms with Crippen LogP contribution in [-0.4, -0.2) is 64.4 Å². The summed E-state index contributed by atoms with van der Waals surface area (Å²) in [6.45, 7) is 3.48. The topological polar surface area (TPSA) is 137 Å². The molecule has 55 heavy (non-hydrogen) atoms. The molecule has 0 radical (unpaired) electrons. The first-order chi connectivity index (χ1) is 25.6. The average Bonchev–Trinajstić information content (AvgIpc) is 3.52. The maximum absolute atomic E-state index is 14.9. The molecule has 1 aliphatic heterocycles. The lowest BCUT2D eigenvalue weighted by molar-refractivity contribution is -0.218. The second-order valence-electron chi connectivity index (χ2n) is 14.7. The Balaban J connectivity index is 1.45. The number of nitrogens with zero attached hydrogens (tertiary/aromatic N) is 8. The van der Waals surface area contributed by atoms with Gasteiger partial charge in [-0.05, 0) is 55.9 Å². The molecular formula is C36H37ClF7N9O2. The number of hydrogen-bond acceptors (Lipinski definition) is 8. The van der Waals surface area contributed by atoms with E-state index in [1.54, 1.807) is 23.1 Å². The first-order valence-electron chi connectivity index (χ1n) is 17.3. The number of carbonyl (C=O) groups is 2. The molecule has 6 rings (SSSR count). The number of aliphatic imine (C=N–C) groups is 1. The molecule has 1 amide bonds. The van der Waals surface area contributed by atoms with Crippen molar-refractivity contribution in [3.05, 3.63) is 77.0 Å². The molecule has 0 bridgehead atoms. The first-order valence-corrected chi connectivity index (χ1v) is 17.7. The van der Waals surface area contributed by atoms with Crippen LogP contribution in [0.3, 0.4) is 0 Å². The minimum absolute atomic E-state index is 0.0636. The highest BCUT2D eigenvalue weighted by molar-refractivity contribution is 6.32. The molecule has 4 aromatic rings. The van der Waals surface area contributed by atoms with Crippen molar-refractivity contribution in [2.75, 3.05) is 0 Å². The Kier molecular flexibility index (Phi) is 10.4. The van der Waals surface area contributed by atoms with Crippen LogP contribution in [0.4, 0.5) is 30.7 Å². The molecule has 19 heteroatoms. The average molecular weight is 796 g/mol. The van der Waals surface area contributed by atoms with Crippen molar-refractivity contribution >= 4 is 29.3 Å². The highest BCUT2D eigenvalue weighted by atomic mass is 35.5. The van der Waals surface area contributed by atoms with Crippen LogP contribution in [0.1, 0.15) is 95.3 Å². The van der Waals surface area contributed by atoms with E-state index < -0.39 is 77.8 Å². The van der Waals surface area contributed by atoms with Gasteiger partial charge in [0.1, 0.15) is 17.8 Å². The summed E-state index contributed by atoms with van der Waals surface area (Å²) >= 11 is 6.41. The van der Waals surface area contributed by atoms with Crippen LogP contribution < -0.4 is 5.73 Å². The molecule has 2 aliphatic rings. The quantitative estimate of drug-likeness (QED) is 0.127. The fourth-order valence-electron chi connectivity index (χ4n) is 6.56. The second-order valence-corrected chi connectivity index (χ2v) is 15.1. The lowest BCUT2D eigenvalue weighted by atomic mass is 9.74. The van der Waals surface area contributed by atoms with E-state index in [2.05, 4.69) is 25.3 Å². The van der Waals surface area contributed by atoms with Gasteiger partial charge in [-0.2, -0.15) is 33.3 Å². The molecule has 1 fully saturated rings. The number of Topliss-reactive ketones (excluding diaryl/α,β-unsaturated/α-hetero) is 1.